The van der Waals surface area contributed by atoms with E-state index in [1.807, 2.05) is 20.8 Å². The number of aromatic nitrogens is 3. The van der Waals surface area contributed by atoms with E-state index in [4.69, 9.17) is 20.7 Å². The lowest BCUT2D eigenvalue weighted by atomic mass is 9.74. The van der Waals surface area contributed by atoms with Crippen molar-refractivity contribution in [2.24, 2.45) is 11.1 Å². The molecule has 3 rings (SSSR count). The summed E-state index contributed by atoms with van der Waals surface area (Å²) in [5.74, 6) is -1.66. The number of hydrogen-bond acceptors (Lipinski definition) is 7. The first-order valence-corrected chi connectivity index (χ1v) is 8.99. The third-order valence-electron chi connectivity index (χ3n) is 4.60. The number of nitrogens with two attached hydrogens (primary N) is 2. The molecule has 1 unspecified atom stereocenters. The van der Waals surface area contributed by atoms with Crippen LogP contribution in [-0.4, -0.2) is 33.8 Å². The van der Waals surface area contributed by atoms with Crippen LogP contribution in [0.15, 0.2) is 10.7 Å². The van der Waals surface area contributed by atoms with Crippen molar-refractivity contribution in [3.05, 3.63) is 28.8 Å². The van der Waals surface area contributed by atoms with Crippen LogP contribution in [0.4, 0.5) is 19.2 Å². The molecule has 0 spiro atoms. The van der Waals surface area contributed by atoms with Crippen LogP contribution in [0.5, 0.6) is 5.75 Å². The second-order valence-corrected chi connectivity index (χ2v) is 8.14. The van der Waals surface area contributed by atoms with E-state index < -0.39 is 30.0 Å². The van der Waals surface area contributed by atoms with E-state index in [1.165, 1.54) is 6.20 Å². The molecular formula is C18H22F3N5O3. The number of hydrogen-bond donors (Lipinski definition) is 2. The molecule has 158 valence electrons. The molecule has 0 aliphatic heterocycles. The zero-order valence-corrected chi connectivity index (χ0v) is 16.2. The minimum Gasteiger partial charge on any atom is -0.483 e. The van der Waals surface area contributed by atoms with Crippen LogP contribution in [0.25, 0.3) is 0 Å². The molecule has 1 atom stereocenters. The molecule has 1 aliphatic carbocycles. The van der Waals surface area contributed by atoms with Gasteiger partial charge in [-0.15, -0.1) is 0 Å². The van der Waals surface area contributed by atoms with Crippen LogP contribution >= 0.6 is 0 Å². The number of amides is 1. The number of alkyl halides is 3. The van der Waals surface area contributed by atoms with Crippen molar-refractivity contribution in [1.29, 1.82) is 0 Å². The van der Waals surface area contributed by atoms with E-state index >= 15 is 0 Å². The predicted octanol–water partition coefficient (Wildman–Crippen LogP) is 3.14. The molecule has 2 aromatic rings. The summed E-state index contributed by atoms with van der Waals surface area (Å²) in [6, 6.07) is -0.209. The molecular weight excluding hydrogens is 391 g/mol. The van der Waals surface area contributed by atoms with Crippen LogP contribution in [0.3, 0.4) is 0 Å². The van der Waals surface area contributed by atoms with Gasteiger partial charge in [0.15, 0.2) is 12.4 Å². The Morgan fingerprint density at radius 2 is 2.00 bits per heavy atom. The first-order chi connectivity index (χ1) is 13.4. The summed E-state index contributed by atoms with van der Waals surface area (Å²) in [4.78, 5) is 20.3. The largest absolute Gasteiger partial charge is 0.483 e. The summed E-state index contributed by atoms with van der Waals surface area (Å²) in [6.45, 7) is 3.91. The fourth-order valence-corrected chi connectivity index (χ4v) is 3.30. The maximum atomic E-state index is 13.0. The fraction of sp³-hybridized carbons (Fsp3) is 0.556. The van der Waals surface area contributed by atoms with Gasteiger partial charge in [-0.05, 0) is 24.2 Å². The second-order valence-electron chi connectivity index (χ2n) is 8.14. The van der Waals surface area contributed by atoms with Crippen molar-refractivity contribution in [3.63, 3.8) is 0 Å². The molecule has 2 aromatic heterocycles. The highest BCUT2D eigenvalue weighted by Gasteiger charge is 2.41. The van der Waals surface area contributed by atoms with Gasteiger partial charge >= 0.3 is 12.2 Å². The molecule has 29 heavy (non-hydrogen) atoms. The second kappa shape index (κ2) is 7.20. The average molecular weight is 413 g/mol. The number of ether oxygens (including phenoxy) is 1. The van der Waals surface area contributed by atoms with Gasteiger partial charge < -0.3 is 20.7 Å². The van der Waals surface area contributed by atoms with Crippen LogP contribution in [-0.2, 0) is 0 Å². The van der Waals surface area contributed by atoms with Gasteiger partial charge in [0.25, 0.3) is 5.91 Å². The number of primary amides is 1. The highest BCUT2D eigenvalue weighted by molar-refractivity contribution is 5.93. The van der Waals surface area contributed by atoms with Crippen LogP contribution in [0, 0.1) is 5.41 Å². The van der Waals surface area contributed by atoms with E-state index in [9.17, 15) is 18.0 Å². The summed E-state index contributed by atoms with van der Waals surface area (Å²) in [5, 5.41) is 3.83. The van der Waals surface area contributed by atoms with Gasteiger partial charge in [-0.1, -0.05) is 25.9 Å². The fourth-order valence-electron chi connectivity index (χ4n) is 3.30. The van der Waals surface area contributed by atoms with Gasteiger partial charge in [0.2, 0.25) is 0 Å². The molecule has 11 heteroatoms. The molecule has 1 amide bonds. The first kappa shape index (κ1) is 20.9. The Morgan fingerprint density at radius 3 is 2.45 bits per heavy atom. The third-order valence-corrected chi connectivity index (χ3v) is 4.60. The van der Waals surface area contributed by atoms with Gasteiger partial charge in [-0.25, -0.2) is 0 Å². The summed E-state index contributed by atoms with van der Waals surface area (Å²) < 4.78 is 49.0. The van der Waals surface area contributed by atoms with Crippen molar-refractivity contribution in [2.75, 3.05) is 12.3 Å². The monoisotopic (exact) mass is 413 g/mol. The van der Waals surface area contributed by atoms with Gasteiger partial charge in [-0.2, -0.15) is 18.2 Å². The lowest BCUT2D eigenvalue weighted by Gasteiger charge is -2.31. The zero-order valence-electron chi connectivity index (χ0n) is 16.2. The van der Waals surface area contributed by atoms with E-state index in [1.54, 1.807) is 0 Å². The minimum atomic E-state index is -4.57. The van der Waals surface area contributed by atoms with E-state index in [0.29, 0.717) is 5.56 Å². The normalized spacial score (nSPS) is 15.9. The van der Waals surface area contributed by atoms with Gasteiger partial charge in [0.05, 0.1) is 5.92 Å². The third kappa shape index (κ3) is 4.60. The Labute approximate surface area is 164 Å². The Hall–Kier alpha value is -2.85. The van der Waals surface area contributed by atoms with Gasteiger partial charge in [0, 0.05) is 17.3 Å². The quantitative estimate of drug-likeness (QED) is 0.744. The molecule has 1 saturated carbocycles. The highest BCUT2D eigenvalue weighted by atomic mass is 19.4. The Balaban J connectivity index is 2.27. The van der Waals surface area contributed by atoms with Gasteiger partial charge in [0.1, 0.15) is 11.4 Å². The SMILES string of the molecule is CC(C)(C)C(c1noc(N)n1)c1c(C(N)=O)ncc(C2CC2)c1OCC(F)(F)F. The number of carbonyl (C=O) groups is 1. The first-order valence-electron chi connectivity index (χ1n) is 8.99. The molecule has 1 fully saturated rings. The molecule has 0 aromatic carbocycles. The van der Waals surface area contributed by atoms with Crippen molar-refractivity contribution >= 4 is 11.9 Å². The van der Waals surface area contributed by atoms with Crippen LogP contribution < -0.4 is 16.2 Å². The minimum absolute atomic E-state index is 0.00219. The topological polar surface area (TPSA) is 130 Å². The van der Waals surface area contributed by atoms with Crippen molar-refractivity contribution in [2.45, 2.75) is 51.6 Å². The molecule has 0 radical (unpaired) electrons. The molecule has 0 bridgehead atoms. The Bertz CT molecular complexity index is 916. The smallest absolute Gasteiger partial charge is 0.422 e. The van der Waals surface area contributed by atoms with Crippen LogP contribution in [0.2, 0.25) is 0 Å². The molecule has 2 heterocycles. The lowest BCUT2D eigenvalue weighted by Crippen LogP contribution is -2.28. The van der Waals surface area contributed by atoms with Gasteiger partial charge in [-0.3, -0.25) is 9.78 Å². The summed E-state index contributed by atoms with van der Waals surface area (Å²) in [7, 11) is 0. The number of nitrogen functional groups attached to an aromatic ring is 1. The van der Waals surface area contributed by atoms with Crippen molar-refractivity contribution < 1.29 is 27.2 Å². The van der Waals surface area contributed by atoms with Crippen molar-refractivity contribution in [1.82, 2.24) is 15.1 Å². The summed E-state index contributed by atoms with van der Waals surface area (Å²) in [6.07, 6.45) is -1.64. The van der Waals surface area contributed by atoms with Crippen LogP contribution in [0.1, 0.15) is 72.9 Å². The number of halogens is 3. The average Bonchev–Trinajstić information content (AvgIpc) is 3.33. The lowest BCUT2D eigenvalue weighted by molar-refractivity contribution is -0.153. The standard InChI is InChI=1S/C18H22F3N5O3/c1-17(2,3)11(15-25-16(23)29-26-15)10-12(14(22)27)24-6-9(8-4-5-8)13(10)28-7-18(19,20)21/h6,8,11H,4-5,7H2,1-3H3,(H2,22,27)(H2,23,25,26). The number of pyridine rings is 1. The Kier molecular flexibility index (Phi) is 5.18. The van der Waals surface area contributed by atoms with E-state index in [2.05, 4.69) is 15.1 Å². The maximum Gasteiger partial charge on any atom is 0.422 e. The Morgan fingerprint density at radius 1 is 1.34 bits per heavy atom. The number of anilines is 1. The summed E-state index contributed by atoms with van der Waals surface area (Å²) >= 11 is 0. The van der Waals surface area contributed by atoms with E-state index in [-0.39, 0.29) is 34.8 Å². The molecule has 4 N–H and O–H groups in total. The number of nitrogens with zero attached hydrogens (tertiary/aromatic N) is 3. The number of carbonyl (C=O) groups excluding carboxylic acids is 1. The molecule has 8 nitrogen and oxygen atoms in total. The number of rotatable bonds is 6. The summed E-state index contributed by atoms with van der Waals surface area (Å²) in [5.41, 5.74) is 10.8. The predicted molar refractivity (Wildman–Crippen MR) is 96.3 cm³/mol. The zero-order chi connectivity index (χ0) is 21.6. The molecule has 0 saturated heterocycles. The highest BCUT2D eigenvalue weighted by Crippen LogP contribution is 2.51. The van der Waals surface area contributed by atoms with E-state index in [0.717, 1.165) is 12.8 Å². The molecule has 1 aliphatic rings. The maximum absolute atomic E-state index is 13.0. The van der Waals surface area contributed by atoms with Crippen molar-refractivity contribution in [3.8, 4) is 5.75 Å².